The van der Waals surface area contributed by atoms with Crippen LogP contribution in [-0.2, 0) is 0 Å². The van der Waals surface area contributed by atoms with E-state index in [-0.39, 0.29) is 0 Å². The van der Waals surface area contributed by atoms with Crippen LogP contribution >= 0.6 is 0 Å². The van der Waals surface area contributed by atoms with Crippen LogP contribution in [0.5, 0.6) is 0 Å². The Hall–Kier alpha value is -2.37. The minimum atomic E-state index is 0.348. The Bertz CT molecular complexity index is 619. The second-order valence-electron chi connectivity index (χ2n) is 5.93. The highest BCUT2D eigenvalue weighted by atomic mass is 15.2. The Kier molecular flexibility index (Phi) is 4.09. The van der Waals surface area contributed by atoms with Crippen molar-refractivity contribution < 1.29 is 0 Å². The molecule has 116 valence electrons. The molecule has 3 heterocycles. The Labute approximate surface area is 130 Å². The zero-order chi connectivity index (χ0) is 15.5. The molecule has 0 amide bonds. The number of nitrogens with zero attached hydrogens (tertiary/aromatic N) is 4. The van der Waals surface area contributed by atoms with Gasteiger partial charge in [0.2, 0.25) is 5.95 Å². The minimum absolute atomic E-state index is 0.348. The first-order chi connectivity index (χ1) is 10.6. The van der Waals surface area contributed by atoms with E-state index in [2.05, 4.69) is 31.2 Å². The van der Waals surface area contributed by atoms with Gasteiger partial charge >= 0.3 is 0 Å². The van der Waals surface area contributed by atoms with Crippen molar-refractivity contribution in [3.8, 4) is 0 Å². The Balaban J connectivity index is 1.57. The molecule has 0 bridgehead atoms. The first kappa shape index (κ1) is 14.6. The number of rotatable bonds is 4. The van der Waals surface area contributed by atoms with Gasteiger partial charge < -0.3 is 16.0 Å². The van der Waals surface area contributed by atoms with Crippen LogP contribution < -0.4 is 16.0 Å². The van der Waals surface area contributed by atoms with Gasteiger partial charge in [-0.2, -0.15) is 4.98 Å². The molecule has 0 aliphatic carbocycles. The van der Waals surface area contributed by atoms with Gasteiger partial charge in [0.15, 0.2) is 0 Å². The molecule has 1 unspecified atom stereocenters. The van der Waals surface area contributed by atoms with Crippen LogP contribution in [0.1, 0.15) is 17.7 Å². The van der Waals surface area contributed by atoms with Crippen molar-refractivity contribution in [1.29, 1.82) is 0 Å². The van der Waals surface area contributed by atoms with E-state index in [9.17, 15) is 0 Å². The van der Waals surface area contributed by atoms with Gasteiger partial charge in [0.05, 0.1) is 0 Å². The van der Waals surface area contributed by atoms with Crippen molar-refractivity contribution in [2.45, 2.75) is 20.3 Å². The molecule has 1 saturated heterocycles. The van der Waals surface area contributed by atoms with Crippen LogP contribution in [0.3, 0.4) is 0 Å². The molecule has 22 heavy (non-hydrogen) atoms. The summed E-state index contributed by atoms with van der Waals surface area (Å²) >= 11 is 0. The monoisotopic (exact) mass is 298 g/mol. The predicted octanol–water partition coefficient (Wildman–Crippen LogP) is 2.01. The highest BCUT2D eigenvalue weighted by molar-refractivity contribution is 5.44. The fourth-order valence-corrected chi connectivity index (χ4v) is 2.77. The molecular weight excluding hydrogens is 276 g/mol. The Morgan fingerprint density at radius 2 is 2.18 bits per heavy atom. The number of aromatic nitrogens is 3. The van der Waals surface area contributed by atoms with Crippen LogP contribution in [0, 0.1) is 19.8 Å². The zero-order valence-electron chi connectivity index (χ0n) is 13.1. The molecule has 2 aromatic heterocycles. The first-order valence-corrected chi connectivity index (χ1v) is 7.63. The van der Waals surface area contributed by atoms with Gasteiger partial charge in [-0.1, -0.05) is 6.07 Å². The maximum absolute atomic E-state index is 5.74. The minimum Gasteiger partial charge on any atom is -0.370 e. The van der Waals surface area contributed by atoms with E-state index in [4.69, 9.17) is 5.73 Å². The van der Waals surface area contributed by atoms with E-state index in [1.807, 2.05) is 32.2 Å². The van der Waals surface area contributed by atoms with Crippen LogP contribution in [0.2, 0.25) is 0 Å². The number of anilines is 3. The van der Waals surface area contributed by atoms with Gasteiger partial charge in [-0.25, -0.2) is 9.97 Å². The fraction of sp³-hybridized carbons (Fsp3) is 0.438. The molecule has 1 aliphatic rings. The number of nitrogen functional groups attached to an aromatic ring is 1. The van der Waals surface area contributed by atoms with Crippen molar-refractivity contribution in [1.82, 2.24) is 15.0 Å². The van der Waals surface area contributed by atoms with Crippen LogP contribution in [-0.4, -0.2) is 34.6 Å². The third-order valence-corrected chi connectivity index (χ3v) is 3.95. The number of nitrogens with two attached hydrogens (primary N) is 1. The predicted molar refractivity (Wildman–Crippen MR) is 89.0 cm³/mol. The third kappa shape index (κ3) is 3.44. The molecule has 2 aromatic rings. The summed E-state index contributed by atoms with van der Waals surface area (Å²) < 4.78 is 0. The SMILES string of the molecule is Cc1ccc(NCC2CCN(c3cc(C)nc(N)n3)C2)nc1. The van der Waals surface area contributed by atoms with Crippen LogP contribution in [0.4, 0.5) is 17.6 Å². The molecule has 1 atom stereocenters. The second kappa shape index (κ2) is 6.17. The van der Waals surface area contributed by atoms with Crippen molar-refractivity contribution in [2.75, 3.05) is 35.6 Å². The molecule has 1 aliphatic heterocycles. The Morgan fingerprint density at radius 1 is 1.32 bits per heavy atom. The summed E-state index contributed by atoms with van der Waals surface area (Å²) in [4.78, 5) is 15.1. The van der Waals surface area contributed by atoms with Gasteiger partial charge in [-0.3, -0.25) is 0 Å². The Morgan fingerprint density at radius 3 is 2.91 bits per heavy atom. The molecule has 6 nitrogen and oxygen atoms in total. The van der Waals surface area contributed by atoms with Crippen LogP contribution in [0.25, 0.3) is 0 Å². The summed E-state index contributed by atoms with van der Waals surface area (Å²) in [5.41, 5.74) is 7.82. The van der Waals surface area contributed by atoms with Crippen molar-refractivity contribution in [3.63, 3.8) is 0 Å². The van der Waals surface area contributed by atoms with E-state index in [1.54, 1.807) is 0 Å². The quantitative estimate of drug-likeness (QED) is 0.899. The smallest absolute Gasteiger partial charge is 0.222 e. The van der Waals surface area contributed by atoms with Gasteiger partial charge in [-0.05, 0) is 37.8 Å². The number of hydrogen-bond acceptors (Lipinski definition) is 6. The molecule has 0 radical (unpaired) electrons. The highest BCUT2D eigenvalue weighted by Crippen LogP contribution is 2.23. The average Bonchev–Trinajstić information content (AvgIpc) is 2.95. The molecule has 6 heteroatoms. The topological polar surface area (TPSA) is 80.0 Å². The zero-order valence-corrected chi connectivity index (χ0v) is 13.1. The molecule has 1 fully saturated rings. The standard InChI is InChI=1S/C16H22N6/c1-11-3-4-14(18-8-11)19-9-13-5-6-22(10-13)15-7-12(2)20-16(17)21-15/h3-4,7-8,13H,5-6,9-10H2,1-2H3,(H,18,19)(H2,17,20,21). The van der Waals surface area contributed by atoms with Crippen LogP contribution in [0.15, 0.2) is 24.4 Å². The van der Waals surface area contributed by atoms with E-state index < -0.39 is 0 Å². The lowest BCUT2D eigenvalue weighted by atomic mass is 10.1. The van der Waals surface area contributed by atoms with Crippen molar-refractivity contribution in [2.24, 2.45) is 5.92 Å². The molecule has 0 aromatic carbocycles. The number of pyridine rings is 1. The summed E-state index contributed by atoms with van der Waals surface area (Å²) in [6.45, 7) is 6.89. The average molecular weight is 298 g/mol. The molecule has 0 spiro atoms. The van der Waals surface area contributed by atoms with Gasteiger partial charge in [-0.15, -0.1) is 0 Å². The van der Waals surface area contributed by atoms with E-state index in [0.717, 1.165) is 43.4 Å². The number of aryl methyl sites for hydroxylation is 2. The van der Waals surface area contributed by atoms with Gasteiger partial charge in [0.1, 0.15) is 11.6 Å². The van der Waals surface area contributed by atoms with E-state index in [0.29, 0.717) is 11.9 Å². The van der Waals surface area contributed by atoms with Gasteiger partial charge in [0.25, 0.3) is 0 Å². The number of nitrogens with one attached hydrogen (secondary N) is 1. The summed E-state index contributed by atoms with van der Waals surface area (Å²) in [6.07, 6.45) is 3.03. The molecule has 3 N–H and O–H groups in total. The number of hydrogen-bond donors (Lipinski definition) is 2. The lowest BCUT2D eigenvalue weighted by Crippen LogP contribution is -2.24. The lowest BCUT2D eigenvalue weighted by molar-refractivity contribution is 0.621. The fourth-order valence-electron chi connectivity index (χ4n) is 2.77. The van der Waals surface area contributed by atoms with Crippen molar-refractivity contribution >= 4 is 17.6 Å². The highest BCUT2D eigenvalue weighted by Gasteiger charge is 2.23. The summed E-state index contributed by atoms with van der Waals surface area (Å²) in [6, 6.07) is 6.09. The summed E-state index contributed by atoms with van der Waals surface area (Å²) in [7, 11) is 0. The summed E-state index contributed by atoms with van der Waals surface area (Å²) in [5, 5.41) is 3.41. The third-order valence-electron chi connectivity index (χ3n) is 3.95. The largest absolute Gasteiger partial charge is 0.370 e. The maximum atomic E-state index is 5.74. The summed E-state index contributed by atoms with van der Waals surface area (Å²) in [5.74, 6) is 2.80. The normalized spacial score (nSPS) is 17.7. The maximum Gasteiger partial charge on any atom is 0.222 e. The van der Waals surface area contributed by atoms with E-state index in [1.165, 1.54) is 5.56 Å². The molecule has 3 rings (SSSR count). The molecule has 0 saturated carbocycles. The van der Waals surface area contributed by atoms with E-state index >= 15 is 0 Å². The molecular formula is C16H22N6. The first-order valence-electron chi connectivity index (χ1n) is 7.63. The van der Waals surface area contributed by atoms with Crippen molar-refractivity contribution in [3.05, 3.63) is 35.7 Å². The second-order valence-corrected chi connectivity index (χ2v) is 5.93. The lowest BCUT2D eigenvalue weighted by Gasteiger charge is -2.18. The van der Waals surface area contributed by atoms with Gasteiger partial charge in [0, 0.05) is 37.6 Å².